The number of hydrogen-bond donors (Lipinski definition) is 0. The highest BCUT2D eigenvalue weighted by Gasteiger charge is 2.26. The molecular weight excluding hydrogens is 384 g/mol. The van der Waals surface area contributed by atoms with Crippen LogP contribution < -0.4 is 5.56 Å². The van der Waals surface area contributed by atoms with Crippen LogP contribution in [0.1, 0.15) is 36.6 Å². The van der Waals surface area contributed by atoms with E-state index in [0.717, 1.165) is 59.2 Å². The summed E-state index contributed by atoms with van der Waals surface area (Å²) in [6.45, 7) is 3.76. The quantitative estimate of drug-likeness (QED) is 0.405. The van der Waals surface area contributed by atoms with Crippen molar-refractivity contribution in [3.63, 3.8) is 0 Å². The van der Waals surface area contributed by atoms with Crippen molar-refractivity contribution in [2.45, 2.75) is 56.8 Å². The topological polar surface area (TPSA) is 44.1 Å². The second kappa shape index (κ2) is 8.25. The van der Waals surface area contributed by atoms with Gasteiger partial charge in [0.15, 0.2) is 5.16 Å². The van der Waals surface area contributed by atoms with Gasteiger partial charge in [-0.3, -0.25) is 9.36 Å². The van der Waals surface area contributed by atoms with E-state index in [1.54, 1.807) is 23.1 Å². The molecule has 0 amide bonds. The van der Waals surface area contributed by atoms with E-state index in [2.05, 4.69) is 13.2 Å². The van der Waals surface area contributed by atoms with Gasteiger partial charge < -0.3 is 4.74 Å². The molecule has 2 aliphatic rings. The fourth-order valence-electron chi connectivity index (χ4n) is 3.88. The summed E-state index contributed by atoms with van der Waals surface area (Å²) in [6.07, 6.45) is 7.69. The van der Waals surface area contributed by atoms with Crippen LogP contribution in [0.2, 0.25) is 0 Å². The summed E-state index contributed by atoms with van der Waals surface area (Å²) in [7, 11) is 0. The Morgan fingerprint density at radius 3 is 3.00 bits per heavy atom. The minimum atomic E-state index is 0.154. The third-order valence-electron chi connectivity index (χ3n) is 5.31. The molecule has 4 nitrogen and oxygen atoms in total. The number of thiophene rings is 1. The van der Waals surface area contributed by atoms with Crippen LogP contribution in [0.15, 0.2) is 9.95 Å². The molecule has 1 aliphatic heterocycles. The maximum Gasteiger partial charge on any atom is 0.263 e. The Bertz CT molecular complexity index is 839. The number of rotatable bonds is 6. The van der Waals surface area contributed by atoms with Gasteiger partial charge in [0, 0.05) is 23.0 Å². The first-order valence-corrected chi connectivity index (χ1v) is 12.7. The molecule has 7 heteroatoms. The van der Waals surface area contributed by atoms with Gasteiger partial charge in [0.25, 0.3) is 5.56 Å². The zero-order valence-corrected chi connectivity index (χ0v) is 17.9. The van der Waals surface area contributed by atoms with Gasteiger partial charge in [-0.2, -0.15) is 11.8 Å². The number of ether oxygens (including phenoxy) is 1. The van der Waals surface area contributed by atoms with Crippen LogP contribution in [0, 0.1) is 5.92 Å². The van der Waals surface area contributed by atoms with Crippen molar-refractivity contribution in [2.75, 3.05) is 24.4 Å². The van der Waals surface area contributed by atoms with Crippen LogP contribution in [0.5, 0.6) is 0 Å². The van der Waals surface area contributed by atoms with E-state index in [9.17, 15) is 4.79 Å². The van der Waals surface area contributed by atoms with Crippen molar-refractivity contribution in [3.8, 4) is 0 Å². The van der Waals surface area contributed by atoms with E-state index < -0.39 is 0 Å². The molecule has 2 aromatic heterocycles. The summed E-state index contributed by atoms with van der Waals surface area (Å²) < 4.78 is 7.73. The van der Waals surface area contributed by atoms with Crippen molar-refractivity contribution in [2.24, 2.45) is 5.92 Å². The van der Waals surface area contributed by atoms with Crippen LogP contribution >= 0.6 is 34.9 Å². The second-order valence-corrected chi connectivity index (χ2v) is 10.4. The highest BCUT2D eigenvalue weighted by molar-refractivity contribution is 8.02. The van der Waals surface area contributed by atoms with Gasteiger partial charge in [-0.15, -0.1) is 11.3 Å². The maximum absolute atomic E-state index is 13.4. The number of aromatic nitrogens is 2. The van der Waals surface area contributed by atoms with E-state index in [0.29, 0.717) is 12.5 Å². The molecule has 0 N–H and O–H groups in total. The molecule has 2 aromatic rings. The normalized spacial score (nSPS) is 22.8. The number of fused-ring (bicyclic) bond motifs is 3. The summed E-state index contributed by atoms with van der Waals surface area (Å²) in [5.41, 5.74) is 1.44. The predicted molar refractivity (Wildman–Crippen MR) is 113 cm³/mol. The highest BCUT2D eigenvalue weighted by Crippen LogP contribution is 2.36. The third-order valence-corrected chi connectivity index (χ3v) is 8.31. The molecular formula is C19H26N2O2S3. The molecule has 1 fully saturated rings. The van der Waals surface area contributed by atoms with E-state index in [1.165, 1.54) is 16.9 Å². The molecule has 3 heterocycles. The fraction of sp³-hybridized carbons (Fsp3) is 0.684. The summed E-state index contributed by atoms with van der Waals surface area (Å²) in [5, 5.41) is 1.77. The van der Waals surface area contributed by atoms with Crippen molar-refractivity contribution >= 4 is 45.1 Å². The van der Waals surface area contributed by atoms with Crippen molar-refractivity contribution in [1.82, 2.24) is 9.55 Å². The molecule has 26 heavy (non-hydrogen) atoms. The zero-order valence-electron chi connectivity index (χ0n) is 15.5. The molecule has 0 radical (unpaired) electrons. The third kappa shape index (κ3) is 3.73. The molecule has 0 bridgehead atoms. The van der Waals surface area contributed by atoms with E-state index >= 15 is 0 Å². The Kier molecular flexibility index (Phi) is 5.98. The molecule has 0 unspecified atom stereocenters. The van der Waals surface area contributed by atoms with Crippen LogP contribution in [-0.2, 0) is 24.1 Å². The van der Waals surface area contributed by atoms with Gasteiger partial charge >= 0.3 is 0 Å². The number of nitrogens with zero attached hydrogens (tertiary/aromatic N) is 2. The van der Waals surface area contributed by atoms with Crippen LogP contribution in [-0.4, -0.2) is 40.0 Å². The summed E-state index contributed by atoms with van der Waals surface area (Å²) in [5.74, 6) is 2.75. The average molecular weight is 411 g/mol. The molecule has 0 aromatic carbocycles. The maximum atomic E-state index is 13.4. The highest BCUT2D eigenvalue weighted by atomic mass is 32.2. The lowest BCUT2D eigenvalue weighted by atomic mass is 9.89. The van der Waals surface area contributed by atoms with Crippen molar-refractivity contribution in [3.05, 3.63) is 20.8 Å². The Morgan fingerprint density at radius 1 is 1.35 bits per heavy atom. The molecule has 0 saturated carbocycles. The van der Waals surface area contributed by atoms with Gasteiger partial charge in [-0.05, 0) is 49.8 Å². The predicted octanol–water partition coefficient (Wildman–Crippen LogP) is 4.22. The average Bonchev–Trinajstić information content (AvgIpc) is 3.25. The SMILES string of the molecule is CSCCSc1nc2sc3c(c2c(=O)n1C[C@H]1CCCO1)CC[C@@H](C)C3. The van der Waals surface area contributed by atoms with Gasteiger partial charge in [0.2, 0.25) is 0 Å². The largest absolute Gasteiger partial charge is 0.376 e. The zero-order chi connectivity index (χ0) is 18.1. The van der Waals surface area contributed by atoms with Gasteiger partial charge in [0.05, 0.1) is 18.0 Å². The summed E-state index contributed by atoms with van der Waals surface area (Å²) >= 11 is 5.29. The fourth-order valence-corrected chi connectivity index (χ4v) is 6.97. The first kappa shape index (κ1) is 18.8. The minimum absolute atomic E-state index is 0.154. The van der Waals surface area contributed by atoms with Crippen LogP contribution in [0.3, 0.4) is 0 Å². The first-order valence-electron chi connectivity index (χ1n) is 9.45. The van der Waals surface area contributed by atoms with Gasteiger partial charge in [-0.25, -0.2) is 4.98 Å². The molecule has 0 spiro atoms. The molecule has 1 aliphatic carbocycles. The Labute approximate surface area is 167 Å². The smallest absolute Gasteiger partial charge is 0.263 e. The van der Waals surface area contributed by atoms with E-state index in [-0.39, 0.29) is 11.7 Å². The van der Waals surface area contributed by atoms with Gasteiger partial charge in [0.1, 0.15) is 4.83 Å². The standard InChI is InChI=1S/C19H26N2O2S3/c1-12-5-6-14-15(10-12)26-17-16(14)18(22)21(11-13-4-3-7-23-13)19(20-17)25-9-8-24-2/h12-13H,3-11H2,1-2H3/t12-,13-/m1/s1. The molecule has 1 saturated heterocycles. The van der Waals surface area contributed by atoms with Crippen molar-refractivity contribution in [1.29, 1.82) is 0 Å². The lowest BCUT2D eigenvalue weighted by molar-refractivity contribution is 0.0937. The first-order chi connectivity index (χ1) is 12.7. The summed E-state index contributed by atoms with van der Waals surface area (Å²) in [4.78, 5) is 20.7. The monoisotopic (exact) mass is 410 g/mol. The van der Waals surface area contributed by atoms with Crippen molar-refractivity contribution < 1.29 is 4.74 Å². The lowest BCUT2D eigenvalue weighted by Crippen LogP contribution is -2.29. The molecule has 2 atom stereocenters. The van der Waals surface area contributed by atoms with Crippen LogP contribution in [0.25, 0.3) is 10.2 Å². The van der Waals surface area contributed by atoms with E-state index in [4.69, 9.17) is 9.72 Å². The molecule has 4 rings (SSSR count). The lowest BCUT2D eigenvalue weighted by Gasteiger charge is -2.18. The Hall–Kier alpha value is -0.500. The van der Waals surface area contributed by atoms with Gasteiger partial charge in [-0.1, -0.05) is 18.7 Å². The minimum Gasteiger partial charge on any atom is -0.376 e. The Morgan fingerprint density at radius 2 is 2.23 bits per heavy atom. The molecule has 142 valence electrons. The van der Waals surface area contributed by atoms with E-state index in [1.807, 2.05) is 16.3 Å². The Balaban J connectivity index is 1.77. The second-order valence-electron chi connectivity index (χ2n) is 7.32. The summed E-state index contributed by atoms with van der Waals surface area (Å²) in [6, 6.07) is 0. The number of hydrogen-bond acceptors (Lipinski definition) is 6. The number of thioether (sulfide) groups is 2. The number of aryl methyl sites for hydroxylation is 1. The van der Waals surface area contributed by atoms with Crippen LogP contribution in [0.4, 0.5) is 0 Å².